The van der Waals surface area contributed by atoms with Crippen molar-refractivity contribution in [3.8, 4) is 0 Å². The molecule has 0 aliphatic carbocycles. The average Bonchev–Trinajstić information content (AvgIpc) is 2.18. The van der Waals surface area contributed by atoms with Gasteiger partial charge in [0.15, 0.2) is 0 Å². The molecule has 0 radical (unpaired) electrons. The Hall–Kier alpha value is -1.02. The van der Waals surface area contributed by atoms with Crippen LogP contribution < -0.4 is 5.32 Å². The molecule has 0 fully saturated rings. The van der Waals surface area contributed by atoms with Gasteiger partial charge in [-0.1, -0.05) is 24.3 Å². The normalized spacial score (nSPS) is 14.4. The van der Waals surface area contributed by atoms with Crippen LogP contribution in [0.5, 0.6) is 0 Å². The molecule has 0 saturated carbocycles. The van der Waals surface area contributed by atoms with Gasteiger partial charge in [0.25, 0.3) is 0 Å². The first-order valence-corrected chi connectivity index (χ1v) is 5.46. The van der Waals surface area contributed by atoms with Crippen molar-refractivity contribution in [1.29, 1.82) is 0 Å². The minimum Gasteiger partial charge on any atom is -0.348 e. The van der Waals surface area contributed by atoms with Gasteiger partial charge >= 0.3 is 0 Å². The molecule has 0 saturated heterocycles. The van der Waals surface area contributed by atoms with Gasteiger partial charge in [0, 0.05) is 0 Å². The monoisotopic (exact) mass is 225 g/mol. The van der Waals surface area contributed by atoms with Gasteiger partial charge in [-0.15, -0.1) is 11.6 Å². The quantitative estimate of drug-likeness (QED) is 0.788. The second kappa shape index (κ2) is 5.17. The van der Waals surface area contributed by atoms with E-state index in [1.54, 1.807) is 6.92 Å². The molecule has 0 heterocycles. The highest BCUT2D eigenvalue weighted by Gasteiger charge is 2.14. The molecule has 2 nitrogen and oxygen atoms in total. The minimum atomic E-state index is -0.489. The summed E-state index contributed by atoms with van der Waals surface area (Å²) in [5.74, 6) is -0.132. The molecule has 0 aromatic heterocycles. The van der Waals surface area contributed by atoms with Gasteiger partial charge in [0.2, 0.25) is 5.91 Å². The SMILES string of the molecule is Cc1ccccc1[C@H](C)NC(=O)C(C)Cl. The predicted molar refractivity (Wildman–Crippen MR) is 63.1 cm³/mol. The molecule has 2 atom stereocenters. The minimum absolute atomic E-state index is 0.0000926. The Bertz CT molecular complexity index is 349. The standard InChI is InChI=1S/C12H16ClNO/c1-8-6-4-5-7-11(8)10(3)14-12(15)9(2)13/h4-7,9-10H,1-3H3,(H,14,15)/t9?,10-/m0/s1. The Labute approximate surface area is 95.6 Å². The second-order valence-electron chi connectivity index (χ2n) is 3.70. The van der Waals surface area contributed by atoms with Crippen molar-refractivity contribution >= 4 is 17.5 Å². The van der Waals surface area contributed by atoms with Gasteiger partial charge in [-0.2, -0.15) is 0 Å². The summed E-state index contributed by atoms with van der Waals surface area (Å²) in [5, 5.41) is 2.38. The molecule has 0 bridgehead atoms. The number of benzene rings is 1. The summed E-state index contributed by atoms with van der Waals surface area (Å²) < 4.78 is 0. The summed E-state index contributed by atoms with van der Waals surface area (Å²) >= 11 is 5.69. The summed E-state index contributed by atoms with van der Waals surface area (Å²) in [6.45, 7) is 5.66. The number of carbonyl (C=O) groups excluding carboxylic acids is 1. The molecule has 0 aliphatic heterocycles. The topological polar surface area (TPSA) is 29.1 Å². The van der Waals surface area contributed by atoms with E-state index in [2.05, 4.69) is 5.32 Å². The first kappa shape index (κ1) is 12.1. The van der Waals surface area contributed by atoms with Crippen molar-refractivity contribution < 1.29 is 4.79 Å². The highest BCUT2D eigenvalue weighted by atomic mass is 35.5. The van der Waals surface area contributed by atoms with Crippen molar-refractivity contribution in [3.63, 3.8) is 0 Å². The lowest BCUT2D eigenvalue weighted by Crippen LogP contribution is -2.32. The molecule has 82 valence electrons. The maximum Gasteiger partial charge on any atom is 0.238 e. The zero-order chi connectivity index (χ0) is 11.4. The lowest BCUT2D eigenvalue weighted by Gasteiger charge is -2.17. The van der Waals surface area contributed by atoms with E-state index in [1.165, 1.54) is 5.56 Å². The molecule has 1 aromatic rings. The van der Waals surface area contributed by atoms with E-state index in [0.29, 0.717) is 0 Å². The second-order valence-corrected chi connectivity index (χ2v) is 4.36. The largest absolute Gasteiger partial charge is 0.348 e. The van der Waals surface area contributed by atoms with Crippen LogP contribution in [0, 0.1) is 6.92 Å². The van der Waals surface area contributed by atoms with Crippen LogP contribution in [-0.2, 0) is 4.79 Å². The maximum absolute atomic E-state index is 11.4. The molecule has 1 N–H and O–H groups in total. The predicted octanol–water partition coefficient (Wildman–Crippen LogP) is 2.80. The number of amides is 1. The number of alkyl halides is 1. The number of carbonyl (C=O) groups is 1. The lowest BCUT2D eigenvalue weighted by molar-refractivity contribution is -0.121. The Kier molecular flexibility index (Phi) is 4.15. The fourth-order valence-electron chi connectivity index (χ4n) is 1.48. The highest BCUT2D eigenvalue weighted by Crippen LogP contribution is 2.16. The maximum atomic E-state index is 11.4. The molecule has 0 aliphatic rings. The van der Waals surface area contributed by atoms with Crippen LogP contribution in [0.25, 0.3) is 0 Å². The van der Waals surface area contributed by atoms with Crippen LogP contribution in [-0.4, -0.2) is 11.3 Å². The van der Waals surface area contributed by atoms with Crippen molar-refractivity contribution in [1.82, 2.24) is 5.32 Å². The van der Waals surface area contributed by atoms with Crippen LogP contribution in [0.15, 0.2) is 24.3 Å². The van der Waals surface area contributed by atoms with E-state index < -0.39 is 5.38 Å². The van der Waals surface area contributed by atoms with E-state index in [-0.39, 0.29) is 11.9 Å². The van der Waals surface area contributed by atoms with E-state index in [9.17, 15) is 4.79 Å². The number of aryl methyl sites for hydroxylation is 1. The summed E-state index contributed by atoms with van der Waals surface area (Å²) in [6, 6.07) is 7.99. The molecule has 1 unspecified atom stereocenters. The van der Waals surface area contributed by atoms with Gasteiger partial charge in [-0.25, -0.2) is 0 Å². The Morgan fingerprint density at radius 3 is 2.47 bits per heavy atom. The Balaban J connectivity index is 2.73. The van der Waals surface area contributed by atoms with Gasteiger partial charge in [-0.3, -0.25) is 4.79 Å². The molecule has 3 heteroatoms. The fraction of sp³-hybridized carbons (Fsp3) is 0.417. The van der Waals surface area contributed by atoms with Gasteiger partial charge in [0.1, 0.15) is 5.38 Å². The number of nitrogens with one attached hydrogen (secondary N) is 1. The van der Waals surface area contributed by atoms with Crippen molar-refractivity contribution in [2.75, 3.05) is 0 Å². The van der Waals surface area contributed by atoms with E-state index in [0.717, 1.165) is 5.56 Å². The number of halogens is 1. The summed E-state index contributed by atoms with van der Waals surface area (Å²) in [7, 11) is 0. The molecule has 1 rings (SSSR count). The Morgan fingerprint density at radius 2 is 1.93 bits per heavy atom. The van der Waals surface area contributed by atoms with Crippen LogP contribution in [0.4, 0.5) is 0 Å². The van der Waals surface area contributed by atoms with Crippen molar-refractivity contribution in [3.05, 3.63) is 35.4 Å². The van der Waals surface area contributed by atoms with Crippen LogP contribution in [0.1, 0.15) is 31.0 Å². The molecular formula is C12H16ClNO. The number of rotatable bonds is 3. The average molecular weight is 226 g/mol. The van der Waals surface area contributed by atoms with Gasteiger partial charge in [-0.05, 0) is 31.9 Å². The van der Waals surface area contributed by atoms with Gasteiger partial charge in [0.05, 0.1) is 6.04 Å². The number of hydrogen-bond donors (Lipinski definition) is 1. The third-order valence-corrected chi connectivity index (χ3v) is 2.57. The highest BCUT2D eigenvalue weighted by molar-refractivity contribution is 6.30. The summed E-state index contributed by atoms with van der Waals surface area (Å²) in [4.78, 5) is 11.4. The van der Waals surface area contributed by atoms with Crippen LogP contribution >= 0.6 is 11.6 Å². The smallest absolute Gasteiger partial charge is 0.238 e. The van der Waals surface area contributed by atoms with Crippen molar-refractivity contribution in [2.45, 2.75) is 32.2 Å². The van der Waals surface area contributed by atoms with Gasteiger partial charge < -0.3 is 5.32 Å². The zero-order valence-electron chi connectivity index (χ0n) is 9.25. The fourth-order valence-corrected chi connectivity index (χ4v) is 1.54. The summed E-state index contributed by atoms with van der Waals surface area (Å²) in [5.41, 5.74) is 2.30. The summed E-state index contributed by atoms with van der Waals surface area (Å²) in [6.07, 6.45) is 0. The molecular weight excluding hydrogens is 210 g/mol. The first-order valence-electron chi connectivity index (χ1n) is 5.02. The third-order valence-electron chi connectivity index (χ3n) is 2.38. The first-order chi connectivity index (χ1) is 7.02. The molecule has 0 spiro atoms. The molecule has 1 amide bonds. The lowest BCUT2D eigenvalue weighted by atomic mass is 10.0. The van der Waals surface area contributed by atoms with Crippen molar-refractivity contribution in [2.24, 2.45) is 0 Å². The molecule has 15 heavy (non-hydrogen) atoms. The van der Waals surface area contributed by atoms with Crippen LogP contribution in [0.2, 0.25) is 0 Å². The number of hydrogen-bond acceptors (Lipinski definition) is 1. The Morgan fingerprint density at radius 1 is 1.33 bits per heavy atom. The van der Waals surface area contributed by atoms with E-state index >= 15 is 0 Å². The van der Waals surface area contributed by atoms with E-state index in [4.69, 9.17) is 11.6 Å². The third kappa shape index (κ3) is 3.24. The zero-order valence-corrected chi connectivity index (χ0v) is 10.0. The molecule has 1 aromatic carbocycles. The van der Waals surface area contributed by atoms with E-state index in [1.807, 2.05) is 38.1 Å². The van der Waals surface area contributed by atoms with Crippen LogP contribution in [0.3, 0.4) is 0 Å².